The maximum Gasteiger partial charge on any atom is 1.00 e. The Balaban J connectivity index is 0.000000623. The Morgan fingerprint density at radius 2 is 1.65 bits per heavy atom. The van der Waals surface area contributed by atoms with Gasteiger partial charge in [0, 0.05) is 13.0 Å². The van der Waals surface area contributed by atoms with Gasteiger partial charge in [0.05, 0.1) is 11.9 Å². The topological polar surface area (TPSA) is 184 Å². The molecule has 4 aliphatic carbocycles. The molecule has 4 saturated carbocycles. The zero-order chi connectivity index (χ0) is 29.4. The van der Waals surface area contributed by atoms with Gasteiger partial charge in [-0.25, -0.2) is 8.42 Å². The number of carbonyl (C=O) groups excluding carboxylic acids is 1. The van der Waals surface area contributed by atoms with Gasteiger partial charge in [0.15, 0.2) is 0 Å². The van der Waals surface area contributed by atoms with Crippen molar-refractivity contribution in [1.82, 2.24) is 0 Å². The van der Waals surface area contributed by atoms with Crippen LogP contribution >= 0.6 is 0 Å². The fourth-order valence-electron chi connectivity index (χ4n) is 9.72. The van der Waals surface area contributed by atoms with E-state index >= 15 is 0 Å². The third-order valence-corrected chi connectivity index (χ3v) is 12.3. The first kappa shape index (κ1) is 36.4. The zero-order valence-corrected chi connectivity index (χ0v) is 28.4. The summed E-state index contributed by atoms with van der Waals surface area (Å²) in [5, 5.41) is 11.7. The van der Waals surface area contributed by atoms with Crippen molar-refractivity contribution in [3.63, 3.8) is 0 Å². The number of rotatable bonds is 7. The molecule has 4 N–H and O–H groups in total. The molecule has 4 aliphatic rings. The fraction of sp³-hybridized carbons (Fsp3) is 0.963. The number of carbonyl (C=O) groups is 1. The summed E-state index contributed by atoms with van der Waals surface area (Å²) in [4.78, 5) is 12.0. The second kappa shape index (κ2) is 13.9. The average molecular weight is 618 g/mol. The number of nitrogens with two attached hydrogens (primary N) is 1. The van der Waals surface area contributed by atoms with Crippen LogP contribution in [0.1, 0.15) is 91.9 Å². The Bertz CT molecular complexity index is 1090. The smallest absolute Gasteiger partial charge is 0.716 e. The van der Waals surface area contributed by atoms with Crippen LogP contribution in [-0.2, 0) is 29.5 Å². The Morgan fingerprint density at radius 3 is 2.17 bits per heavy atom. The molecular formula is C27H48NNaO9S2. The van der Waals surface area contributed by atoms with E-state index in [1.54, 1.807) is 0 Å². The summed E-state index contributed by atoms with van der Waals surface area (Å²) in [6.07, 6.45) is 10.1. The number of aliphatic hydroxyl groups excluding tert-OH is 1. The number of hydrogen-bond acceptors (Lipinski definition) is 9. The van der Waals surface area contributed by atoms with Gasteiger partial charge in [-0.1, -0.05) is 47.0 Å². The van der Waals surface area contributed by atoms with Crippen molar-refractivity contribution < 1.29 is 69.6 Å². The van der Waals surface area contributed by atoms with Gasteiger partial charge in [-0.15, -0.1) is 0 Å². The Labute approximate surface area is 262 Å². The van der Waals surface area contributed by atoms with Crippen molar-refractivity contribution in [2.45, 2.75) is 98.0 Å². The SMILES string of the molecule is CC[C@H]1[C@@H](O)[C@@H]2[C@H](CC[C@]3(C)[C@@H]([C@H](C)CC(=O)OS(=O)(=O)[O-])CC[C@@H]23)[C@@]2(C)CCCC[C@@H]12.NCCS(=O)(=O)O.[Na+]. The first-order valence-electron chi connectivity index (χ1n) is 14.5. The van der Waals surface area contributed by atoms with Gasteiger partial charge in [0.2, 0.25) is 0 Å². The van der Waals surface area contributed by atoms with E-state index in [4.69, 9.17) is 10.3 Å². The van der Waals surface area contributed by atoms with Crippen molar-refractivity contribution in [3.8, 4) is 0 Å². The largest absolute Gasteiger partial charge is 1.00 e. The minimum absolute atomic E-state index is 0. The Morgan fingerprint density at radius 1 is 1.02 bits per heavy atom. The molecular weight excluding hydrogens is 569 g/mol. The molecule has 4 rings (SSSR count). The van der Waals surface area contributed by atoms with Crippen LogP contribution in [0.3, 0.4) is 0 Å². The maximum atomic E-state index is 12.0. The molecule has 0 saturated heterocycles. The van der Waals surface area contributed by atoms with Crippen LogP contribution in [0.25, 0.3) is 0 Å². The summed E-state index contributed by atoms with van der Waals surface area (Å²) >= 11 is 0. The van der Waals surface area contributed by atoms with Crippen LogP contribution in [0.5, 0.6) is 0 Å². The van der Waals surface area contributed by atoms with Crippen LogP contribution < -0.4 is 35.3 Å². The van der Waals surface area contributed by atoms with E-state index < -0.39 is 26.5 Å². The van der Waals surface area contributed by atoms with Crippen LogP contribution in [0.4, 0.5) is 0 Å². The molecule has 0 unspecified atom stereocenters. The first-order chi connectivity index (χ1) is 18.0. The number of hydrogen-bond donors (Lipinski definition) is 3. The summed E-state index contributed by atoms with van der Waals surface area (Å²) in [5.41, 5.74) is 5.12. The molecule has 0 heterocycles. The normalized spacial score (nSPS) is 39.8. The van der Waals surface area contributed by atoms with Gasteiger partial charge in [-0.2, -0.15) is 8.42 Å². The van der Waals surface area contributed by atoms with Crippen LogP contribution in [0.2, 0.25) is 0 Å². The van der Waals surface area contributed by atoms with E-state index in [1.807, 2.05) is 6.92 Å². The van der Waals surface area contributed by atoms with E-state index in [9.17, 15) is 31.3 Å². The van der Waals surface area contributed by atoms with Gasteiger partial charge in [0.1, 0.15) is 0 Å². The van der Waals surface area contributed by atoms with Gasteiger partial charge in [-0.05, 0) is 90.8 Å². The summed E-state index contributed by atoms with van der Waals surface area (Å²) in [5.74, 6) is 1.20. The Kier molecular flexibility index (Phi) is 12.6. The van der Waals surface area contributed by atoms with Gasteiger partial charge in [0.25, 0.3) is 20.5 Å². The second-order valence-corrected chi connectivity index (χ2v) is 15.6. The van der Waals surface area contributed by atoms with Crippen molar-refractivity contribution in [1.29, 1.82) is 0 Å². The van der Waals surface area contributed by atoms with Gasteiger partial charge < -0.3 is 19.6 Å². The maximum absolute atomic E-state index is 12.0. The molecule has 40 heavy (non-hydrogen) atoms. The molecule has 228 valence electrons. The average Bonchev–Trinajstić information content (AvgIpc) is 3.15. The van der Waals surface area contributed by atoms with E-state index in [-0.39, 0.29) is 71.6 Å². The van der Waals surface area contributed by atoms with Crippen molar-refractivity contribution in [2.75, 3.05) is 12.3 Å². The predicted molar refractivity (Wildman–Crippen MR) is 145 cm³/mol. The summed E-state index contributed by atoms with van der Waals surface area (Å²) in [6, 6.07) is 0. The molecule has 0 aliphatic heterocycles. The van der Waals surface area contributed by atoms with Gasteiger partial charge in [-0.3, -0.25) is 9.35 Å². The molecule has 0 bridgehead atoms. The third kappa shape index (κ3) is 7.83. The number of fused-ring (bicyclic) bond motifs is 5. The minimum atomic E-state index is -5.01. The molecule has 0 amide bonds. The van der Waals surface area contributed by atoms with Crippen LogP contribution in [0.15, 0.2) is 0 Å². The molecule has 4 fully saturated rings. The van der Waals surface area contributed by atoms with Crippen molar-refractivity contribution >= 4 is 26.5 Å². The number of aliphatic hydroxyl groups is 1. The van der Waals surface area contributed by atoms with Crippen LogP contribution in [0, 0.1) is 52.3 Å². The third-order valence-electron chi connectivity index (χ3n) is 11.1. The summed E-state index contributed by atoms with van der Waals surface area (Å²) < 4.78 is 63.8. The Hall–Kier alpha value is 0.210. The summed E-state index contributed by atoms with van der Waals surface area (Å²) in [6.45, 7) is 9.04. The molecule has 13 heteroatoms. The second-order valence-electron chi connectivity index (χ2n) is 13.1. The summed E-state index contributed by atoms with van der Waals surface area (Å²) in [7, 11) is -8.81. The first-order valence-corrected chi connectivity index (χ1v) is 17.4. The standard InChI is InChI=1S/C25H42O6S.C2H7NO3S.Na/c1-5-16-18-8-6-7-12-24(18,3)20-11-13-25(4)17(9-10-19(25)22(20)23(16)27)15(2)14-21(26)31-32(28,29)30;3-1-2-7(4,5)6;/h15-20,22-23,27H,5-14H2,1-4H3,(H,28,29,30);1-3H2,(H,4,5,6);/q;;+1/p-1/t15-,16-,17-,18+,19+,20+,22+,23-,24+,25-;;/m1../s1. The van der Waals surface area contributed by atoms with E-state index in [1.165, 1.54) is 25.7 Å². The van der Waals surface area contributed by atoms with Crippen molar-refractivity contribution in [3.05, 3.63) is 0 Å². The van der Waals surface area contributed by atoms with Gasteiger partial charge >= 0.3 is 35.5 Å². The van der Waals surface area contributed by atoms with E-state index in [0.717, 1.165) is 32.1 Å². The minimum Gasteiger partial charge on any atom is -0.716 e. The zero-order valence-electron chi connectivity index (χ0n) is 24.8. The molecule has 0 aromatic heterocycles. The molecule has 0 radical (unpaired) electrons. The molecule has 0 aromatic rings. The molecule has 0 spiro atoms. The quantitative estimate of drug-likeness (QED) is 0.207. The van der Waals surface area contributed by atoms with E-state index in [2.05, 4.69) is 25.0 Å². The van der Waals surface area contributed by atoms with Crippen molar-refractivity contribution in [2.24, 2.45) is 58.0 Å². The predicted octanol–water partition coefficient (Wildman–Crippen LogP) is 0.509. The fourth-order valence-corrected chi connectivity index (χ4v) is 10.3. The van der Waals surface area contributed by atoms with Crippen LogP contribution in [-0.4, -0.2) is 55.4 Å². The molecule has 10 atom stereocenters. The monoisotopic (exact) mass is 617 g/mol. The molecule has 0 aromatic carbocycles. The molecule has 10 nitrogen and oxygen atoms in total. The van der Waals surface area contributed by atoms with E-state index in [0.29, 0.717) is 35.0 Å².